The van der Waals surface area contributed by atoms with E-state index in [0.29, 0.717) is 6.42 Å². The minimum Gasteiger partial charge on any atom is -0.497 e. The van der Waals surface area contributed by atoms with Crippen molar-refractivity contribution in [2.24, 2.45) is 0 Å². The maximum Gasteiger partial charge on any atom is 0.119 e. The molecule has 17 heavy (non-hydrogen) atoms. The number of aryl methyl sites for hydroxylation is 1. The molecule has 0 aliphatic carbocycles. The maximum atomic E-state index is 9.53. The molecule has 3 heteroatoms. The molecule has 3 nitrogen and oxygen atoms in total. The average Bonchev–Trinajstić information content (AvgIpc) is 2.66. The van der Waals surface area contributed by atoms with Gasteiger partial charge in [0.1, 0.15) is 5.75 Å². The SMILES string of the molecule is CCn1cc(CC(C)O)c2cc(OC)ccc21. The van der Waals surface area contributed by atoms with Gasteiger partial charge in [0.25, 0.3) is 0 Å². The summed E-state index contributed by atoms with van der Waals surface area (Å²) in [5.41, 5.74) is 2.37. The number of fused-ring (bicyclic) bond motifs is 1. The average molecular weight is 233 g/mol. The lowest BCUT2D eigenvalue weighted by Gasteiger charge is -2.04. The van der Waals surface area contributed by atoms with Gasteiger partial charge in [-0.1, -0.05) is 0 Å². The molecular weight excluding hydrogens is 214 g/mol. The van der Waals surface area contributed by atoms with Gasteiger partial charge in [0.05, 0.1) is 13.2 Å². The van der Waals surface area contributed by atoms with Gasteiger partial charge in [0, 0.05) is 30.1 Å². The van der Waals surface area contributed by atoms with Crippen molar-refractivity contribution >= 4 is 10.9 Å². The second-order valence-electron chi connectivity index (χ2n) is 4.38. The molecule has 0 fully saturated rings. The lowest BCUT2D eigenvalue weighted by Crippen LogP contribution is -2.03. The Bertz CT molecular complexity index is 514. The first kappa shape index (κ1) is 12.0. The van der Waals surface area contributed by atoms with Crippen LogP contribution in [0.3, 0.4) is 0 Å². The molecule has 2 rings (SSSR count). The molecule has 0 aliphatic rings. The molecule has 0 saturated carbocycles. The van der Waals surface area contributed by atoms with Gasteiger partial charge in [0.2, 0.25) is 0 Å². The van der Waals surface area contributed by atoms with E-state index in [1.807, 2.05) is 19.1 Å². The molecule has 0 radical (unpaired) electrons. The van der Waals surface area contributed by atoms with Crippen molar-refractivity contribution in [3.05, 3.63) is 30.0 Å². The molecule has 0 bridgehead atoms. The quantitative estimate of drug-likeness (QED) is 0.880. The fourth-order valence-electron chi connectivity index (χ4n) is 2.22. The summed E-state index contributed by atoms with van der Waals surface area (Å²) in [5.74, 6) is 0.859. The zero-order valence-corrected chi connectivity index (χ0v) is 10.6. The summed E-state index contributed by atoms with van der Waals surface area (Å²) in [5, 5.41) is 10.7. The highest BCUT2D eigenvalue weighted by atomic mass is 16.5. The summed E-state index contributed by atoms with van der Waals surface area (Å²) in [6, 6.07) is 6.09. The topological polar surface area (TPSA) is 34.4 Å². The molecule has 0 amide bonds. The zero-order chi connectivity index (χ0) is 12.4. The third kappa shape index (κ3) is 2.29. The third-order valence-corrected chi connectivity index (χ3v) is 3.03. The fraction of sp³-hybridized carbons (Fsp3) is 0.429. The van der Waals surface area contributed by atoms with Crippen LogP contribution in [0.25, 0.3) is 10.9 Å². The highest BCUT2D eigenvalue weighted by molar-refractivity contribution is 5.85. The Kier molecular flexibility index (Phi) is 3.38. The summed E-state index contributed by atoms with van der Waals surface area (Å²) in [6.07, 6.45) is 2.48. The van der Waals surface area contributed by atoms with Crippen LogP contribution in [0.5, 0.6) is 5.75 Å². The number of aromatic nitrogens is 1. The number of aliphatic hydroxyl groups is 1. The fourth-order valence-corrected chi connectivity index (χ4v) is 2.22. The minimum atomic E-state index is -0.322. The molecule has 1 unspecified atom stereocenters. The van der Waals surface area contributed by atoms with Crippen LogP contribution in [-0.4, -0.2) is 22.9 Å². The molecule has 92 valence electrons. The summed E-state index contributed by atoms with van der Waals surface area (Å²) in [4.78, 5) is 0. The monoisotopic (exact) mass is 233 g/mol. The number of nitrogens with zero attached hydrogens (tertiary/aromatic N) is 1. The van der Waals surface area contributed by atoms with Gasteiger partial charge in [-0.05, 0) is 37.6 Å². The molecule has 0 spiro atoms. The van der Waals surface area contributed by atoms with Crippen molar-refractivity contribution in [2.75, 3.05) is 7.11 Å². The maximum absolute atomic E-state index is 9.53. The summed E-state index contributed by atoms with van der Waals surface area (Å²) in [7, 11) is 1.67. The van der Waals surface area contributed by atoms with Crippen molar-refractivity contribution in [2.45, 2.75) is 32.9 Å². The third-order valence-electron chi connectivity index (χ3n) is 3.03. The highest BCUT2D eigenvalue weighted by Gasteiger charge is 2.10. The molecule has 1 N–H and O–H groups in total. The largest absolute Gasteiger partial charge is 0.497 e. The number of methoxy groups -OCH3 is 1. The second-order valence-corrected chi connectivity index (χ2v) is 4.38. The van der Waals surface area contributed by atoms with Crippen LogP contribution in [0, 0.1) is 0 Å². The van der Waals surface area contributed by atoms with E-state index in [1.165, 1.54) is 16.5 Å². The summed E-state index contributed by atoms with van der Waals surface area (Å²) in [6.45, 7) is 4.87. The first-order valence-electron chi connectivity index (χ1n) is 5.99. The van der Waals surface area contributed by atoms with Gasteiger partial charge in [-0.15, -0.1) is 0 Å². The highest BCUT2D eigenvalue weighted by Crippen LogP contribution is 2.26. The summed E-state index contributed by atoms with van der Waals surface area (Å²) >= 11 is 0. The van der Waals surface area contributed by atoms with E-state index in [4.69, 9.17) is 4.74 Å². The predicted octanol–water partition coefficient (Wildman–Crippen LogP) is 2.59. The molecular formula is C14H19NO2. The van der Waals surface area contributed by atoms with E-state index >= 15 is 0 Å². The van der Waals surface area contributed by atoms with E-state index in [0.717, 1.165) is 12.3 Å². The molecule has 0 saturated heterocycles. The lowest BCUT2D eigenvalue weighted by molar-refractivity contribution is 0.196. The van der Waals surface area contributed by atoms with Gasteiger partial charge in [0.15, 0.2) is 0 Å². The molecule has 2 aromatic rings. The van der Waals surface area contributed by atoms with Crippen molar-refractivity contribution in [1.29, 1.82) is 0 Å². The Morgan fingerprint density at radius 3 is 2.76 bits per heavy atom. The molecule has 1 aromatic heterocycles. The number of ether oxygens (including phenoxy) is 1. The van der Waals surface area contributed by atoms with E-state index < -0.39 is 0 Å². The predicted molar refractivity (Wildman–Crippen MR) is 69.5 cm³/mol. The van der Waals surface area contributed by atoms with E-state index in [-0.39, 0.29) is 6.10 Å². The van der Waals surface area contributed by atoms with Crippen LogP contribution in [0.4, 0.5) is 0 Å². The van der Waals surface area contributed by atoms with Crippen molar-refractivity contribution < 1.29 is 9.84 Å². The van der Waals surface area contributed by atoms with Gasteiger partial charge in [-0.3, -0.25) is 0 Å². The van der Waals surface area contributed by atoms with Gasteiger partial charge in [-0.25, -0.2) is 0 Å². The van der Waals surface area contributed by atoms with Gasteiger partial charge < -0.3 is 14.4 Å². The Morgan fingerprint density at radius 1 is 1.41 bits per heavy atom. The van der Waals surface area contributed by atoms with Crippen LogP contribution < -0.4 is 4.74 Å². The minimum absolute atomic E-state index is 0.322. The Hall–Kier alpha value is -1.48. The number of aliphatic hydroxyl groups excluding tert-OH is 1. The smallest absolute Gasteiger partial charge is 0.119 e. The normalized spacial score (nSPS) is 12.9. The van der Waals surface area contributed by atoms with Gasteiger partial charge >= 0.3 is 0 Å². The molecule has 0 aliphatic heterocycles. The van der Waals surface area contributed by atoms with Crippen LogP contribution in [0.15, 0.2) is 24.4 Å². The number of hydrogen-bond donors (Lipinski definition) is 1. The number of benzene rings is 1. The molecule has 1 atom stereocenters. The van der Waals surface area contributed by atoms with Crippen LogP contribution >= 0.6 is 0 Å². The standard InChI is InChI=1S/C14H19NO2/c1-4-15-9-11(7-10(2)16)13-8-12(17-3)5-6-14(13)15/h5-6,8-10,16H,4,7H2,1-3H3. The van der Waals surface area contributed by atoms with E-state index in [9.17, 15) is 5.11 Å². The first-order valence-corrected chi connectivity index (χ1v) is 5.99. The van der Waals surface area contributed by atoms with Crippen molar-refractivity contribution in [3.63, 3.8) is 0 Å². The number of hydrogen-bond acceptors (Lipinski definition) is 2. The summed E-state index contributed by atoms with van der Waals surface area (Å²) < 4.78 is 7.45. The van der Waals surface area contributed by atoms with Crippen LogP contribution in [0.2, 0.25) is 0 Å². The van der Waals surface area contributed by atoms with Crippen LogP contribution in [-0.2, 0) is 13.0 Å². The van der Waals surface area contributed by atoms with Gasteiger partial charge in [-0.2, -0.15) is 0 Å². The van der Waals surface area contributed by atoms with E-state index in [1.54, 1.807) is 7.11 Å². The van der Waals surface area contributed by atoms with E-state index in [2.05, 4.69) is 23.8 Å². The zero-order valence-electron chi connectivity index (χ0n) is 10.6. The Balaban J connectivity index is 2.57. The first-order chi connectivity index (χ1) is 8.15. The molecule has 1 aromatic carbocycles. The Labute approximate surface area is 102 Å². The van der Waals surface area contributed by atoms with Crippen molar-refractivity contribution in [1.82, 2.24) is 4.57 Å². The number of rotatable bonds is 4. The lowest BCUT2D eigenvalue weighted by atomic mass is 10.1. The van der Waals surface area contributed by atoms with Crippen molar-refractivity contribution in [3.8, 4) is 5.75 Å². The Morgan fingerprint density at radius 2 is 2.18 bits per heavy atom. The van der Waals surface area contributed by atoms with Crippen LogP contribution in [0.1, 0.15) is 19.4 Å². The second kappa shape index (κ2) is 4.80. The molecule has 1 heterocycles.